The Morgan fingerprint density at radius 3 is 2.84 bits per heavy atom. The summed E-state index contributed by atoms with van der Waals surface area (Å²) in [5.41, 5.74) is 6.03. The van der Waals surface area contributed by atoms with E-state index >= 15 is 0 Å². The SMILES string of the molecule is [O-][S+]1CCC(c2cccc(-c3nc(N4CCC4)nc4c3CCC4)c2)N1. The van der Waals surface area contributed by atoms with Crippen LogP contribution in [0, 0.1) is 0 Å². The predicted octanol–water partition coefficient (Wildman–Crippen LogP) is 2.54. The van der Waals surface area contributed by atoms with Gasteiger partial charge < -0.3 is 9.45 Å². The molecule has 3 heterocycles. The summed E-state index contributed by atoms with van der Waals surface area (Å²) >= 11 is -0.890. The van der Waals surface area contributed by atoms with Gasteiger partial charge >= 0.3 is 0 Å². The van der Waals surface area contributed by atoms with Crippen molar-refractivity contribution in [3.63, 3.8) is 0 Å². The largest absolute Gasteiger partial charge is 0.598 e. The number of hydrogen-bond acceptors (Lipinski definition) is 5. The molecule has 0 radical (unpaired) electrons. The lowest BCUT2D eigenvalue weighted by atomic mass is 9.99. The number of hydrogen-bond donors (Lipinski definition) is 1. The Kier molecular flexibility index (Phi) is 3.91. The number of fused-ring (bicyclic) bond motifs is 1. The minimum absolute atomic E-state index is 0.186. The molecule has 1 aliphatic carbocycles. The first kappa shape index (κ1) is 15.6. The van der Waals surface area contributed by atoms with Crippen LogP contribution in [0.15, 0.2) is 24.3 Å². The monoisotopic (exact) mass is 354 g/mol. The Balaban J connectivity index is 1.55. The molecule has 5 nitrogen and oxygen atoms in total. The van der Waals surface area contributed by atoms with Crippen LogP contribution in [0.3, 0.4) is 0 Å². The number of anilines is 1. The van der Waals surface area contributed by atoms with Crippen LogP contribution in [0.5, 0.6) is 0 Å². The van der Waals surface area contributed by atoms with Crippen molar-refractivity contribution in [3.8, 4) is 11.3 Å². The van der Waals surface area contributed by atoms with E-state index < -0.39 is 11.4 Å². The van der Waals surface area contributed by atoms with Gasteiger partial charge in [0.15, 0.2) is 0 Å². The highest BCUT2D eigenvalue weighted by atomic mass is 32.2. The molecule has 0 spiro atoms. The molecule has 0 amide bonds. The molecule has 0 bridgehead atoms. The quantitative estimate of drug-likeness (QED) is 0.858. The molecule has 2 aliphatic heterocycles. The van der Waals surface area contributed by atoms with E-state index in [1.165, 1.54) is 35.2 Å². The standard InChI is InChI=1S/C19H22N4OS/c24-25-11-8-16(22-25)13-4-1-5-14(12-13)18-15-6-2-7-17(15)20-19(21-18)23-9-3-10-23/h1,4-5,12,16,22H,2-3,6-11H2. The van der Waals surface area contributed by atoms with Crippen molar-refractivity contribution in [2.24, 2.45) is 0 Å². The molecule has 130 valence electrons. The molecule has 1 aromatic carbocycles. The number of rotatable bonds is 3. The number of benzene rings is 1. The lowest BCUT2D eigenvalue weighted by molar-refractivity contribution is 0.585. The van der Waals surface area contributed by atoms with Gasteiger partial charge in [-0.1, -0.05) is 18.2 Å². The highest BCUT2D eigenvalue weighted by Crippen LogP contribution is 2.34. The van der Waals surface area contributed by atoms with Gasteiger partial charge in [0.25, 0.3) is 0 Å². The number of aromatic nitrogens is 2. The van der Waals surface area contributed by atoms with Crippen molar-refractivity contribution in [1.82, 2.24) is 14.7 Å². The summed E-state index contributed by atoms with van der Waals surface area (Å²) in [4.78, 5) is 12.1. The summed E-state index contributed by atoms with van der Waals surface area (Å²) in [7, 11) is 0. The van der Waals surface area contributed by atoms with Crippen LogP contribution in [-0.4, -0.2) is 33.4 Å². The molecule has 2 fully saturated rings. The third kappa shape index (κ3) is 2.82. The highest BCUT2D eigenvalue weighted by Gasteiger charge is 2.28. The van der Waals surface area contributed by atoms with Crippen LogP contribution in [0.25, 0.3) is 11.3 Å². The number of aryl methyl sites for hydroxylation is 1. The molecule has 1 aromatic heterocycles. The van der Waals surface area contributed by atoms with Gasteiger partial charge in [-0.25, -0.2) is 9.97 Å². The van der Waals surface area contributed by atoms with Gasteiger partial charge in [-0.15, -0.1) is 4.72 Å². The molecule has 3 aliphatic rings. The van der Waals surface area contributed by atoms with E-state index in [-0.39, 0.29) is 6.04 Å². The minimum atomic E-state index is -0.890. The maximum absolute atomic E-state index is 11.7. The molecule has 2 unspecified atom stereocenters. The van der Waals surface area contributed by atoms with Crippen molar-refractivity contribution >= 4 is 17.3 Å². The van der Waals surface area contributed by atoms with Gasteiger partial charge in [-0.3, -0.25) is 0 Å². The van der Waals surface area contributed by atoms with Crippen molar-refractivity contribution in [2.45, 2.75) is 38.1 Å². The van der Waals surface area contributed by atoms with Gasteiger partial charge in [0.1, 0.15) is 5.75 Å². The van der Waals surface area contributed by atoms with E-state index in [4.69, 9.17) is 9.97 Å². The zero-order chi connectivity index (χ0) is 16.8. The van der Waals surface area contributed by atoms with Crippen LogP contribution in [0.4, 0.5) is 5.95 Å². The van der Waals surface area contributed by atoms with Crippen LogP contribution >= 0.6 is 0 Å². The molecular formula is C19H22N4OS. The maximum Gasteiger partial charge on any atom is 0.226 e. The topological polar surface area (TPSA) is 64.1 Å². The fourth-order valence-electron chi connectivity index (χ4n) is 3.95. The first-order valence-electron chi connectivity index (χ1n) is 9.17. The Hall–Kier alpha value is -1.63. The Labute approximate surface area is 151 Å². The molecule has 2 saturated heterocycles. The Bertz CT molecular complexity index is 808. The van der Waals surface area contributed by atoms with Crippen molar-refractivity contribution < 1.29 is 4.55 Å². The molecule has 0 saturated carbocycles. The number of nitrogens with zero attached hydrogens (tertiary/aromatic N) is 3. The normalized spacial score (nSPS) is 25.1. The van der Waals surface area contributed by atoms with Crippen molar-refractivity contribution in [3.05, 3.63) is 41.1 Å². The van der Waals surface area contributed by atoms with E-state index in [9.17, 15) is 4.55 Å². The van der Waals surface area contributed by atoms with Crippen LogP contribution in [0.2, 0.25) is 0 Å². The zero-order valence-corrected chi connectivity index (χ0v) is 15.0. The van der Waals surface area contributed by atoms with Gasteiger partial charge in [0.05, 0.1) is 11.7 Å². The second kappa shape index (κ2) is 6.27. The van der Waals surface area contributed by atoms with Crippen LogP contribution < -0.4 is 9.62 Å². The second-order valence-electron chi connectivity index (χ2n) is 7.13. The minimum Gasteiger partial charge on any atom is -0.598 e. The Morgan fingerprint density at radius 1 is 1.16 bits per heavy atom. The summed E-state index contributed by atoms with van der Waals surface area (Å²) in [6, 6.07) is 8.78. The molecule has 5 rings (SSSR count). The van der Waals surface area contributed by atoms with Crippen LogP contribution in [0.1, 0.15) is 42.1 Å². The predicted molar refractivity (Wildman–Crippen MR) is 99.8 cm³/mol. The summed E-state index contributed by atoms with van der Waals surface area (Å²) < 4.78 is 14.8. The third-order valence-electron chi connectivity index (χ3n) is 5.49. The van der Waals surface area contributed by atoms with Gasteiger partial charge in [0.2, 0.25) is 5.95 Å². The second-order valence-corrected chi connectivity index (χ2v) is 8.46. The first-order chi connectivity index (χ1) is 12.3. The fourth-order valence-corrected chi connectivity index (χ4v) is 5.09. The average Bonchev–Trinajstić information content (AvgIpc) is 3.21. The van der Waals surface area contributed by atoms with Crippen LogP contribution in [-0.2, 0) is 24.2 Å². The van der Waals surface area contributed by atoms with Crippen molar-refractivity contribution in [2.75, 3.05) is 23.7 Å². The molecule has 25 heavy (non-hydrogen) atoms. The smallest absolute Gasteiger partial charge is 0.226 e. The maximum atomic E-state index is 11.7. The van der Waals surface area contributed by atoms with E-state index in [0.29, 0.717) is 0 Å². The number of nitrogens with one attached hydrogen (secondary N) is 1. The lowest BCUT2D eigenvalue weighted by Gasteiger charge is -2.31. The van der Waals surface area contributed by atoms with E-state index in [0.717, 1.165) is 49.7 Å². The fraction of sp³-hybridized carbons (Fsp3) is 0.474. The van der Waals surface area contributed by atoms with Crippen molar-refractivity contribution in [1.29, 1.82) is 0 Å². The average molecular weight is 354 g/mol. The van der Waals surface area contributed by atoms with Gasteiger partial charge in [-0.05, 0) is 37.3 Å². The van der Waals surface area contributed by atoms with E-state index in [1.807, 2.05) is 0 Å². The highest BCUT2D eigenvalue weighted by molar-refractivity contribution is 7.89. The first-order valence-corrected chi connectivity index (χ1v) is 10.5. The lowest BCUT2D eigenvalue weighted by Crippen LogP contribution is -2.38. The summed E-state index contributed by atoms with van der Waals surface area (Å²) in [6.07, 6.45) is 5.46. The van der Waals surface area contributed by atoms with Gasteiger partial charge in [-0.2, -0.15) is 0 Å². The summed E-state index contributed by atoms with van der Waals surface area (Å²) in [5, 5.41) is 0. The third-order valence-corrected chi connectivity index (χ3v) is 6.64. The summed E-state index contributed by atoms with van der Waals surface area (Å²) in [5.74, 6) is 1.63. The molecular weight excluding hydrogens is 332 g/mol. The van der Waals surface area contributed by atoms with E-state index in [1.54, 1.807) is 0 Å². The molecule has 2 aromatic rings. The zero-order valence-electron chi connectivity index (χ0n) is 14.2. The Morgan fingerprint density at radius 2 is 2.08 bits per heavy atom. The molecule has 6 heteroatoms. The van der Waals surface area contributed by atoms with Gasteiger partial charge in [0, 0.05) is 47.7 Å². The summed E-state index contributed by atoms with van der Waals surface area (Å²) in [6.45, 7) is 2.13. The molecule has 2 atom stereocenters. The molecule has 1 N–H and O–H groups in total. The van der Waals surface area contributed by atoms with E-state index in [2.05, 4.69) is 33.9 Å².